The molecular formula is C16H16F3N5O2. The van der Waals surface area contributed by atoms with Gasteiger partial charge in [-0.3, -0.25) is 10.3 Å². The lowest BCUT2D eigenvalue weighted by molar-refractivity contribution is -0.137. The van der Waals surface area contributed by atoms with Crippen LogP contribution in [0, 0.1) is 0 Å². The fraction of sp³-hybridized carbons (Fsp3) is 0.438. The van der Waals surface area contributed by atoms with Crippen molar-refractivity contribution < 1.29 is 22.5 Å². The number of hydrogen-bond donors (Lipinski definition) is 1. The summed E-state index contributed by atoms with van der Waals surface area (Å²) >= 11 is 0. The lowest BCUT2D eigenvalue weighted by Gasteiger charge is -2.28. The molecule has 1 saturated carbocycles. The summed E-state index contributed by atoms with van der Waals surface area (Å²) in [6.07, 6.45) is -0.861. The van der Waals surface area contributed by atoms with Crippen molar-refractivity contribution in [3.8, 4) is 0 Å². The third-order valence-corrected chi connectivity index (χ3v) is 4.36. The number of urea groups is 1. The van der Waals surface area contributed by atoms with Gasteiger partial charge in [0.25, 0.3) is 0 Å². The number of halogens is 3. The Labute approximate surface area is 146 Å². The van der Waals surface area contributed by atoms with Gasteiger partial charge in [0.15, 0.2) is 0 Å². The Morgan fingerprint density at radius 2 is 2.08 bits per heavy atom. The third-order valence-electron chi connectivity index (χ3n) is 4.36. The molecule has 3 heterocycles. The smallest absolute Gasteiger partial charge is 0.338 e. The summed E-state index contributed by atoms with van der Waals surface area (Å²) in [5, 5.41) is 9.50. The molecule has 0 atom stereocenters. The minimum absolute atomic E-state index is 0.254. The number of hydrogen-bond acceptors (Lipinski definition) is 5. The summed E-state index contributed by atoms with van der Waals surface area (Å²) in [5.41, 5.74) is -0.00584. The molecule has 0 radical (unpaired) electrons. The summed E-state index contributed by atoms with van der Waals surface area (Å²) in [6.45, 7) is 0.910. The minimum atomic E-state index is -4.45. The van der Waals surface area contributed by atoms with Gasteiger partial charge in [-0.1, -0.05) is 5.16 Å². The maximum atomic E-state index is 12.7. The van der Waals surface area contributed by atoms with E-state index in [0.29, 0.717) is 25.4 Å². The highest BCUT2D eigenvalue weighted by Gasteiger charge is 2.33. The van der Waals surface area contributed by atoms with Crippen LogP contribution in [-0.2, 0) is 6.18 Å². The van der Waals surface area contributed by atoms with Crippen molar-refractivity contribution in [2.45, 2.75) is 31.4 Å². The molecule has 4 rings (SSSR count). The number of nitrogens with zero attached hydrogens (tertiary/aromatic N) is 4. The molecule has 0 spiro atoms. The first-order valence-electron chi connectivity index (χ1n) is 8.27. The number of carbonyl (C=O) groups excluding carboxylic acids is 1. The van der Waals surface area contributed by atoms with Gasteiger partial charge in [-0.2, -0.15) is 13.2 Å². The van der Waals surface area contributed by atoms with Crippen LogP contribution in [0.5, 0.6) is 0 Å². The van der Waals surface area contributed by atoms with Crippen LogP contribution in [-0.4, -0.2) is 34.3 Å². The van der Waals surface area contributed by atoms with Crippen LogP contribution in [0.4, 0.5) is 29.7 Å². The molecule has 2 aromatic rings. The van der Waals surface area contributed by atoms with E-state index in [1.807, 2.05) is 0 Å². The third kappa shape index (κ3) is 3.31. The average molecular weight is 367 g/mol. The number of pyridine rings is 1. The van der Waals surface area contributed by atoms with Gasteiger partial charge >= 0.3 is 12.2 Å². The first kappa shape index (κ1) is 16.7. The molecule has 2 amide bonds. The van der Waals surface area contributed by atoms with E-state index >= 15 is 0 Å². The number of nitrogens with one attached hydrogen (secondary N) is 1. The van der Waals surface area contributed by atoms with Crippen LogP contribution in [0.25, 0.3) is 0 Å². The molecule has 7 nitrogen and oxygen atoms in total. The van der Waals surface area contributed by atoms with Crippen molar-refractivity contribution in [2.24, 2.45) is 0 Å². The number of rotatable bonds is 3. The summed E-state index contributed by atoms with van der Waals surface area (Å²) in [5.74, 6) is 0.940. The first-order valence-corrected chi connectivity index (χ1v) is 8.27. The highest BCUT2D eigenvalue weighted by atomic mass is 19.4. The Hall–Kier alpha value is -2.78. The molecular weight excluding hydrogens is 351 g/mol. The van der Waals surface area contributed by atoms with Crippen LogP contribution < -0.4 is 10.3 Å². The molecule has 0 unspecified atom stereocenters. The largest absolute Gasteiger partial charge is 0.417 e. The second-order valence-corrected chi connectivity index (χ2v) is 6.32. The SMILES string of the molecule is O=C(Nc1cc(C2CC2)no1)N1CCCN1c1ccc(C(F)(F)F)cn1. The molecule has 0 aromatic carbocycles. The van der Waals surface area contributed by atoms with Gasteiger partial charge < -0.3 is 4.52 Å². The normalized spacial score (nSPS) is 17.7. The molecule has 1 N–H and O–H groups in total. The zero-order valence-corrected chi connectivity index (χ0v) is 13.7. The summed E-state index contributed by atoms with van der Waals surface area (Å²) in [4.78, 5) is 16.3. The number of hydrazine groups is 1. The van der Waals surface area contributed by atoms with Gasteiger partial charge in [0.2, 0.25) is 5.88 Å². The van der Waals surface area contributed by atoms with E-state index < -0.39 is 17.8 Å². The van der Waals surface area contributed by atoms with Crippen molar-refractivity contribution >= 4 is 17.7 Å². The molecule has 0 bridgehead atoms. The van der Waals surface area contributed by atoms with E-state index in [4.69, 9.17) is 4.52 Å². The van der Waals surface area contributed by atoms with Crippen LogP contribution >= 0.6 is 0 Å². The summed E-state index contributed by atoms with van der Waals surface area (Å²) < 4.78 is 43.1. The van der Waals surface area contributed by atoms with Gasteiger partial charge in [-0.15, -0.1) is 0 Å². The predicted octanol–water partition coefficient (Wildman–Crippen LogP) is 3.63. The summed E-state index contributed by atoms with van der Waals surface area (Å²) in [7, 11) is 0. The Kier molecular flexibility index (Phi) is 3.97. The number of aromatic nitrogens is 2. The van der Waals surface area contributed by atoms with Gasteiger partial charge in [0.05, 0.1) is 11.3 Å². The topological polar surface area (TPSA) is 74.5 Å². The van der Waals surface area contributed by atoms with Crippen LogP contribution in [0.1, 0.15) is 36.4 Å². The molecule has 1 aliphatic carbocycles. The van der Waals surface area contributed by atoms with Crippen molar-refractivity contribution in [3.63, 3.8) is 0 Å². The van der Waals surface area contributed by atoms with E-state index in [0.717, 1.165) is 30.8 Å². The maximum absolute atomic E-state index is 12.7. The monoisotopic (exact) mass is 367 g/mol. The highest BCUT2D eigenvalue weighted by Crippen LogP contribution is 2.40. The standard InChI is InChI=1S/C16H16F3N5O2/c17-16(18,19)11-4-5-13(20-9-11)23-6-1-7-24(23)15(25)21-14-8-12(22-26-14)10-2-3-10/h4-5,8-10H,1-3,6-7H2,(H,21,25). The van der Waals surface area contributed by atoms with Gasteiger partial charge in [0.1, 0.15) is 5.82 Å². The number of anilines is 2. The van der Waals surface area contributed by atoms with E-state index in [-0.39, 0.29) is 11.7 Å². The Bertz CT molecular complexity index is 801. The second-order valence-electron chi connectivity index (χ2n) is 6.32. The minimum Gasteiger partial charge on any atom is -0.338 e. The van der Waals surface area contributed by atoms with Gasteiger partial charge in [-0.05, 0) is 31.4 Å². The van der Waals surface area contributed by atoms with Gasteiger partial charge in [0, 0.05) is 31.3 Å². The molecule has 2 aliphatic rings. The molecule has 10 heteroatoms. The van der Waals surface area contributed by atoms with Crippen LogP contribution in [0.3, 0.4) is 0 Å². The Morgan fingerprint density at radius 3 is 2.73 bits per heavy atom. The lowest BCUT2D eigenvalue weighted by Crippen LogP contribution is -2.44. The van der Waals surface area contributed by atoms with Crippen LogP contribution in [0.2, 0.25) is 0 Å². The van der Waals surface area contributed by atoms with Crippen molar-refractivity contribution in [2.75, 3.05) is 23.4 Å². The van der Waals surface area contributed by atoms with Crippen molar-refractivity contribution in [3.05, 3.63) is 35.7 Å². The first-order chi connectivity index (χ1) is 12.4. The summed E-state index contributed by atoms with van der Waals surface area (Å²) in [6, 6.07) is 3.47. The molecule has 26 heavy (non-hydrogen) atoms. The number of amides is 2. The fourth-order valence-corrected chi connectivity index (χ4v) is 2.86. The van der Waals surface area contributed by atoms with E-state index in [1.54, 1.807) is 11.1 Å². The number of alkyl halides is 3. The van der Waals surface area contributed by atoms with E-state index in [9.17, 15) is 18.0 Å². The second kappa shape index (κ2) is 6.19. The lowest BCUT2D eigenvalue weighted by atomic mass is 10.3. The zero-order chi connectivity index (χ0) is 18.3. The average Bonchev–Trinajstić information content (AvgIpc) is 3.15. The van der Waals surface area contributed by atoms with Crippen LogP contribution in [0.15, 0.2) is 28.9 Å². The molecule has 2 aromatic heterocycles. The zero-order valence-electron chi connectivity index (χ0n) is 13.7. The Morgan fingerprint density at radius 1 is 1.27 bits per heavy atom. The van der Waals surface area contributed by atoms with E-state index in [2.05, 4.69) is 15.5 Å². The molecule has 1 aliphatic heterocycles. The number of carbonyl (C=O) groups is 1. The molecule has 2 fully saturated rings. The fourth-order valence-electron chi connectivity index (χ4n) is 2.86. The molecule has 1 saturated heterocycles. The predicted molar refractivity (Wildman–Crippen MR) is 85.4 cm³/mol. The van der Waals surface area contributed by atoms with Crippen molar-refractivity contribution in [1.29, 1.82) is 0 Å². The highest BCUT2D eigenvalue weighted by molar-refractivity contribution is 5.89. The molecule has 138 valence electrons. The van der Waals surface area contributed by atoms with Gasteiger partial charge in [-0.25, -0.2) is 14.8 Å². The van der Waals surface area contributed by atoms with E-state index in [1.165, 1.54) is 11.1 Å². The maximum Gasteiger partial charge on any atom is 0.417 e. The quantitative estimate of drug-likeness (QED) is 0.897. The van der Waals surface area contributed by atoms with Crippen molar-refractivity contribution in [1.82, 2.24) is 15.1 Å². The Balaban J connectivity index is 1.45.